The summed E-state index contributed by atoms with van der Waals surface area (Å²) >= 11 is 0. The minimum Gasteiger partial charge on any atom is -0.100 e. The molecule has 19 heavy (non-hydrogen) atoms. The molecule has 2 rings (SSSR count). The molecular formula is C19H32. The summed E-state index contributed by atoms with van der Waals surface area (Å²) < 4.78 is 0. The number of hydrogen-bond acceptors (Lipinski definition) is 0. The van der Waals surface area contributed by atoms with Crippen LogP contribution in [0.1, 0.15) is 72.6 Å². The first-order valence-corrected chi connectivity index (χ1v) is 8.09. The number of rotatable bonds is 3. The zero-order valence-electron chi connectivity index (χ0n) is 13.5. The minimum absolute atomic E-state index is 0.493. The summed E-state index contributed by atoms with van der Waals surface area (Å²) in [5.41, 5.74) is 3.87. The highest BCUT2D eigenvalue weighted by atomic mass is 14.6. The topological polar surface area (TPSA) is 0 Å². The van der Waals surface area contributed by atoms with E-state index in [0.717, 1.165) is 11.8 Å². The Balaban J connectivity index is 2.24. The van der Waals surface area contributed by atoms with E-state index in [2.05, 4.69) is 40.9 Å². The zero-order valence-corrected chi connectivity index (χ0v) is 13.5. The van der Waals surface area contributed by atoms with Gasteiger partial charge in [-0.25, -0.2) is 0 Å². The maximum Gasteiger partial charge on any atom is -0.0146 e. The molecule has 0 spiro atoms. The highest BCUT2D eigenvalue weighted by Gasteiger charge is 2.52. The lowest BCUT2D eigenvalue weighted by atomic mass is 9.47. The average Bonchev–Trinajstić information content (AvgIpc) is 2.26. The second kappa shape index (κ2) is 5.11. The molecule has 0 N–H and O–H groups in total. The van der Waals surface area contributed by atoms with E-state index < -0.39 is 0 Å². The molecule has 0 aromatic heterocycles. The third-order valence-corrected chi connectivity index (χ3v) is 6.18. The van der Waals surface area contributed by atoms with Crippen molar-refractivity contribution < 1.29 is 0 Å². The van der Waals surface area contributed by atoms with Gasteiger partial charge < -0.3 is 0 Å². The van der Waals surface area contributed by atoms with Gasteiger partial charge in [-0.15, -0.1) is 6.58 Å². The van der Waals surface area contributed by atoms with Crippen LogP contribution in [0.5, 0.6) is 0 Å². The largest absolute Gasteiger partial charge is 0.100 e. The Morgan fingerprint density at radius 3 is 2.58 bits per heavy atom. The highest BCUT2D eigenvalue weighted by molar-refractivity contribution is 5.16. The molecular weight excluding hydrogens is 228 g/mol. The first-order chi connectivity index (χ1) is 8.77. The van der Waals surface area contributed by atoms with Crippen molar-refractivity contribution in [3.8, 4) is 0 Å². The third kappa shape index (κ3) is 2.69. The van der Waals surface area contributed by atoms with Gasteiger partial charge in [-0.1, -0.05) is 44.9 Å². The Morgan fingerprint density at radius 1 is 1.26 bits per heavy atom. The van der Waals surface area contributed by atoms with Gasteiger partial charge >= 0.3 is 0 Å². The fourth-order valence-electron chi connectivity index (χ4n) is 5.20. The van der Waals surface area contributed by atoms with E-state index in [4.69, 9.17) is 0 Å². The van der Waals surface area contributed by atoms with Crippen molar-refractivity contribution >= 4 is 0 Å². The number of fused-ring (bicyclic) bond motifs is 1. The summed E-state index contributed by atoms with van der Waals surface area (Å²) in [7, 11) is 0. The van der Waals surface area contributed by atoms with Crippen molar-refractivity contribution in [2.45, 2.75) is 72.6 Å². The standard InChI is InChI=1S/C19H32/c1-14(2)8-10-16-15(3)9-11-17-18(4,5)12-7-13-19(16,17)6/h16-17H,1,3,7-13H2,2,4-6H3. The Kier molecular flexibility index (Phi) is 4.00. The van der Waals surface area contributed by atoms with E-state index in [-0.39, 0.29) is 0 Å². The van der Waals surface area contributed by atoms with Crippen LogP contribution in [0.15, 0.2) is 24.3 Å². The maximum absolute atomic E-state index is 4.43. The molecule has 2 aliphatic carbocycles. The van der Waals surface area contributed by atoms with Crippen molar-refractivity contribution in [2.24, 2.45) is 22.7 Å². The van der Waals surface area contributed by atoms with Gasteiger partial charge in [0.25, 0.3) is 0 Å². The molecule has 2 saturated carbocycles. The molecule has 0 heterocycles. The van der Waals surface area contributed by atoms with E-state index in [0.29, 0.717) is 10.8 Å². The summed E-state index contributed by atoms with van der Waals surface area (Å²) in [4.78, 5) is 0. The summed E-state index contributed by atoms with van der Waals surface area (Å²) in [6.45, 7) is 18.2. The molecule has 0 nitrogen and oxygen atoms in total. The summed E-state index contributed by atoms with van der Waals surface area (Å²) in [6, 6.07) is 0. The third-order valence-electron chi connectivity index (χ3n) is 6.18. The maximum atomic E-state index is 4.43. The predicted octanol–water partition coefficient (Wildman–Crippen LogP) is 6.14. The predicted molar refractivity (Wildman–Crippen MR) is 85.1 cm³/mol. The zero-order chi connectivity index (χ0) is 14.3. The number of hydrogen-bond donors (Lipinski definition) is 0. The summed E-state index contributed by atoms with van der Waals surface area (Å²) in [5, 5.41) is 0. The molecule has 3 unspecified atom stereocenters. The van der Waals surface area contributed by atoms with Crippen LogP contribution in [0.3, 0.4) is 0 Å². The van der Waals surface area contributed by atoms with Crippen LogP contribution >= 0.6 is 0 Å². The molecule has 0 amide bonds. The second-order valence-electron chi connectivity index (χ2n) is 8.15. The van der Waals surface area contributed by atoms with Crippen molar-refractivity contribution in [3.63, 3.8) is 0 Å². The van der Waals surface area contributed by atoms with Crippen LogP contribution < -0.4 is 0 Å². The summed E-state index contributed by atoms with van der Waals surface area (Å²) in [6.07, 6.45) is 9.28. The Hall–Kier alpha value is -0.520. The van der Waals surface area contributed by atoms with Gasteiger partial charge in [0.05, 0.1) is 0 Å². The smallest absolute Gasteiger partial charge is 0.0146 e. The van der Waals surface area contributed by atoms with Gasteiger partial charge in [-0.2, -0.15) is 0 Å². The van der Waals surface area contributed by atoms with Gasteiger partial charge in [0, 0.05) is 0 Å². The molecule has 3 atom stereocenters. The van der Waals surface area contributed by atoms with E-state index in [1.807, 2.05) is 0 Å². The van der Waals surface area contributed by atoms with Gasteiger partial charge in [0.2, 0.25) is 0 Å². The van der Waals surface area contributed by atoms with Gasteiger partial charge in [-0.05, 0) is 68.1 Å². The lowest BCUT2D eigenvalue weighted by molar-refractivity contribution is -0.0538. The molecule has 0 bridgehead atoms. The molecule has 0 radical (unpaired) electrons. The van der Waals surface area contributed by atoms with E-state index in [1.54, 1.807) is 0 Å². The van der Waals surface area contributed by atoms with Gasteiger partial charge in [-0.3, -0.25) is 0 Å². The highest BCUT2D eigenvalue weighted by Crippen LogP contribution is 2.61. The van der Waals surface area contributed by atoms with E-state index >= 15 is 0 Å². The molecule has 0 aromatic rings. The van der Waals surface area contributed by atoms with Crippen LogP contribution in [0.25, 0.3) is 0 Å². The van der Waals surface area contributed by atoms with Crippen molar-refractivity contribution in [3.05, 3.63) is 24.3 Å². The molecule has 0 aromatic carbocycles. The average molecular weight is 260 g/mol. The van der Waals surface area contributed by atoms with Crippen LogP contribution in [-0.2, 0) is 0 Å². The molecule has 0 heteroatoms. The lowest BCUT2D eigenvalue weighted by Gasteiger charge is -2.58. The van der Waals surface area contributed by atoms with Crippen LogP contribution in [0.2, 0.25) is 0 Å². The Morgan fingerprint density at radius 2 is 1.95 bits per heavy atom. The molecule has 0 saturated heterocycles. The fourth-order valence-corrected chi connectivity index (χ4v) is 5.20. The quantitative estimate of drug-likeness (QED) is 0.534. The van der Waals surface area contributed by atoms with Gasteiger partial charge in [0.15, 0.2) is 0 Å². The molecule has 108 valence electrons. The van der Waals surface area contributed by atoms with Crippen LogP contribution in [0, 0.1) is 22.7 Å². The van der Waals surface area contributed by atoms with E-state index in [1.165, 1.54) is 56.1 Å². The van der Waals surface area contributed by atoms with Gasteiger partial charge in [0.1, 0.15) is 0 Å². The van der Waals surface area contributed by atoms with Crippen LogP contribution in [0.4, 0.5) is 0 Å². The Labute approximate surface area is 120 Å². The van der Waals surface area contributed by atoms with E-state index in [9.17, 15) is 0 Å². The first kappa shape index (κ1) is 14.9. The first-order valence-electron chi connectivity index (χ1n) is 8.09. The van der Waals surface area contributed by atoms with Crippen molar-refractivity contribution in [1.82, 2.24) is 0 Å². The second-order valence-corrected chi connectivity index (χ2v) is 8.15. The van der Waals surface area contributed by atoms with Crippen molar-refractivity contribution in [1.29, 1.82) is 0 Å². The lowest BCUT2D eigenvalue weighted by Crippen LogP contribution is -2.49. The minimum atomic E-state index is 0.493. The fraction of sp³-hybridized carbons (Fsp3) is 0.789. The molecule has 0 aliphatic heterocycles. The van der Waals surface area contributed by atoms with Crippen LogP contribution in [-0.4, -0.2) is 0 Å². The molecule has 2 fully saturated rings. The SMILES string of the molecule is C=C(C)CCC1C(=C)CCC2C(C)(C)CCCC12C. The number of allylic oxidation sites excluding steroid dienone is 2. The monoisotopic (exact) mass is 260 g/mol. The summed E-state index contributed by atoms with van der Waals surface area (Å²) in [5.74, 6) is 1.61. The van der Waals surface area contributed by atoms with Crippen molar-refractivity contribution in [2.75, 3.05) is 0 Å². The Bertz CT molecular complexity index is 373. The molecule has 2 aliphatic rings. The normalized spacial score (nSPS) is 37.8.